The Bertz CT molecular complexity index is 2810. The number of para-hydroxylation sites is 3. The normalized spacial score (nSPS) is 12.3. The monoisotopic (exact) mass is 642 g/mol. The maximum atomic E-state index is 8.95. The quantitative estimate of drug-likeness (QED) is 0.139. The maximum Gasteiger partial charge on any atom is 0.100 e. The molecule has 4 heteroatoms. The van der Waals surface area contributed by atoms with E-state index in [1.807, 2.05) is 36.7 Å². The molecule has 9 rings (SSSR count). The summed E-state index contributed by atoms with van der Waals surface area (Å²) >= 11 is 0. The van der Waals surface area contributed by atoms with Gasteiger partial charge in [0.2, 0.25) is 0 Å². The molecule has 2 heterocycles. The highest BCUT2D eigenvalue weighted by atomic mass is 15.0. The van der Waals surface area contributed by atoms with Crippen molar-refractivity contribution in [1.29, 1.82) is 5.41 Å². The van der Waals surface area contributed by atoms with E-state index in [0.717, 1.165) is 33.5 Å². The first-order valence-corrected chi connectivity index (χ1v) is 17.0. The zero-order valence-corrected chi connectivity index (χ0v) is 27.9. The topological polar surface area (TPSA) is 46.1 Å². The summed E-state index contributed by atoms with van der Waals surface area (Å²) < 4.78 is 4.60. The van der Waals surface area contributed by atoms with Crippen LogP contribution in [0.15, 0.2) is 163 Å². The molecule has 0 fully saturated rings. The second-order valence-corrected chi connectivity index (χ2v) is 13.0. The summed E-state index contributed by atoms with van der Waals surface area (Å²) in [5, 5.41) is 16.2. The molecule has 7 aromatic carbocycles. The third kappa shape index (κ3) is 4.84. The molecule has 0 unspecified atom stereocenters. The zero-order chi connectivity index (χ0) is 33.8. The summed E-state index contributed by atoms with van der Waals surface area (Å²) in [5.41, 5.74) is 11.0. The fourth-order valence-electron chi connectivity index (χ4n) is 7.32. The van der Waals surface area contributed by atoms with Crippen LogP contribution in [0.5, 0.6) is 0 Å². The molecule has 0 aliphatic rings. The van der Waals surface area contributed by atoms with E-state index in [2.05, 4.69) is 150 Å². The van der Waals surface area contributed by atoms with Gasteiger partial charge in [0.05, 0.1) is 33.5 Å². The lowest BCUT2D eigenvalue weighted by Crippen LogP contribution is -1.99. The average molecular weight is 643 g/mol. The van der Waals surface area contributed by atoms with Gasteiger partial charge in [-0.1, -0.05) is 132 Å². The number of aryl methyl sites for hydroxylation is 2. The fraction of sp³-hybridized carbons (Fsp3) is 0.0435. The van der Waals surface area contributed by atoms with Gasteiger partial charge >= 0.3 is 0 Å². The molecule has 0 bridgehead atoms. The SMILES string of the molecule is Cc1ccc(C(=N)/C=C(\N=Cn2c3ccccc3c3c4ccc5c6ccccc6n(-c6ccccc6)c5c4ccc32)c2ccc(C)cc2)cc1. The lowest BCUT2D eigenvalue weighted by Gasteiger charge is -2.10. The van der Waals surface area contributed by atoms with E-state index in [4.69, 9.17) is 10.4 Å². The number of hydrogen-bond acceptors (Lipinski definition) is 2. The molecule has 0 saturated heterocycles. The Morgan fingerprint density at radius 3 is 1.84 bits per heavy atom. The first-order chi connectivity index (χ1) is 24.5. The average Bonchev–Trinajstić information content (AvgIpc) is 3.67. The predicted octanol–water partition coefficient (Wildman–Crippen LogP) is 11.6. The Kier molecular flexibility index (Phi) is 7.03. The Balaban J connectivity index is 1.27. The largest absolute Gasteiger partial charge is 0.309 e. The summed E-state index contributed by atoms with van der Waals surface area (Å²) in [6.07, 6.45) is 3.79. The van der Waals surface area contributed by atoms with Crippen LogP contribution in [-0.4, -0.2) is 21.2 Å². The maximum absolute atomic E-state index is 8.95. The smallest absolute Gasteiger partial charge is 0.100 e. The zero-order valence-electron chi connectivity index (χ0n) is 27.9. The van der Waals surface area contributed by atoms with E-state index in [-0.39, 0.29) is 0 Å². The summed E-state index contributed by atoms with van der Waals surface area (Å²) in [5.74, 6) is 0. The third-order valence-electron chi connectivity index (χ3n) is 9.82. The van der Waals surface area contributed by atoms with Gasteiger partial charge in [-0.15, -0.1) is 0 Å². The van der Waals surface area contributed by atoms with Crippen LogP contribution in [0.4, 0.5) is 0 Å². The molecule has 0 aliphatic heterocycles. The highest BCUT2D eigenvalue weighted by molar-refractivity contribution is 6.28. The first kappa shape index (κ1) is 29.6. The van der Waals surface area contributed by atoms with Crippen molar-refractivity contribution in [3.63, 3.8) is 0 Å². The van der Waals surface area contributed by atoms with Crippen LogP contribution in [0.1, 0.15) is 22.3 Å². The number of aromatic nitrogens is 2. The molecule has 1 N–H and O–H groups in total. The second kappa shape index (κ2) is 11.9. The van der Waals surface area contributed by atoms with Crippen molar-refractivity contribution in [2.45, 2.75) is 13.8 Å². The number of aliphatic imine (C=N–C) groups is 1. The Morgan fingerprint density at radius 2 is 1.10 bits per heavy atom. The van der Waals surface area contributed by atoms with E-state index >= 15 is 0 Å². The van der Waals surface area contributed by atoms with E-state index in [1.165, 1.54) is 54.5 Å². The molecule has 0 spiro atoms. The molecule has 2 aromatic heterocycles. The molecule has 9 aromatic rings. The molecule has 50 heavy (non-hydrogen) atoms. The number of rotatable bonds is 6. The van der Waals surface area contributed by atoms with Crippen LogP contribution in [-0.2, 0) is 0 Å². The standard InChI is InChI=1S/C46H34N4/c1-30-16-20-32(21-17-30)40(47)28-41(33-22-18-31(2)19-23-33)48-29-49-42-14-8-7-13-39(42)45-36-24-25-37-35-12-6-9-15-43(35)50(34-10-4-3-5-11-34)46(37)38(36)26-27-44(45)49/h3-29,47H,1-2H3/b41-28-,47-40?,48-29?. The minimum atomic E-state index is 0.420. The molecule has 0 saturated carbocycles. The van der Waals surface area contributed by atoms with Crippen LogP contribution in [0.25, 0.3) is 65.8 Å². The highest BCUT2D eigenvalue weighted by Gasteiger charge is 2.18. The fourth-order valence-corrected chi connectivity index (χ4v) is 7.32. The molecular formula is C46H34N4. The van der Waals surface area contributed by atoms with Gasteiger partial charge in [0.15, 0.2) is 0 Å². The van der Waals surface area contributed by atoms with Crippen LogP contribution in [0, 0.1) is 19.3 Å². The number of allylic oxidation sites excluding steroid dienone is 1. The molecule has 0 atom stereocenters. The van der Waals surface area contributed by atoms with E-state index in [1.54, 1.807) is 0 Å². The third-order valence-corrected chi connectivity index (χ3v) is 9.82. The minimum Gasteiger partial charge on any atom is -0.309 e. The van der Waals surface area contributed by atoms with Crippen LogP contribution in [0.3, 0.4) is 0 Å². The number of hydrogen-bond donors (Lipinski definition) is 1. The Morgan fingerprint density at radius 1 is 0.520 bits per heavy atom. The van der Waals surface area contributed by atoms with E-state index in [9.17, 15) is 0 Å². The number of nitrogens with zero attached hydrogens (tertiary/aromatic N) is 3. The van der Waals surface area contributed by atoms with Crippen molar-refractivity contribution >= 4 is 72.1 Å². The molecule has 0 radical (unpaired) electrons. The lowest BCUT2D eigenvalue weighted by atomic mass is 10.0. The van der Waals surface area contributed by atoms with Crippen molar-refractivity contribution in [3.8, 4) is 5.69 Å². The van der Waals surface area contributed by atoms with Crippen LogP contribution < -0.4 is 0 Å². The Labute approximate surface area is 290 Å². The van der Waals surface area contributed by atoms with Crippen LogP contribution >= 0.6 is 0 Å². The molecular weight excluding hydrogens is 609 g/mol. The second-order valence-electron chi connectivity index (χ2n) is 13.0. The predicted molar refractivity (Wildman–Crippen MR) is 212 cm³/mol. The first-order valence-electron chi connectivity index (χ1n) is 17.0. The molecule has 0 aliphatic carbocycles. The van der Waals surface area contributed by atoms with Gasteiger partial charge in [-0.2, -0.15) is 0 Å². The van der Waals surface area contributed by atoms with Gasteiger partial charge in [0.25, 0.3) is 0 Å². The van der Waals surface area contributed by atoms with Crippen molar-refractivity contribution in [2.24, 2.45) is 4.99 Å². The van der Waals surface area contributed by atoms with Gasteiger partial charge in [-0.25, -0.2) is 4.99 Å². The van der Waals surface area contributed by atoms with Crippen molar-refractivity contribution in [1.82, 2.24) is 9.13 Å². The van der Waals surface area contributed by atoms with Gasteiger partial charge < -0.3 is 9.98 Å². The van der Waals surface area contributed by atoms with Gasteiger partial charge in [-0.3, -0.25) is 4.57 Å². The lowest BCUT2D eigenvalue weighted by molar-refractivity contribution is 1.19. The van der Waals surface area contributed by atoms with Crippen molar-refractivity contribution < 1.29 is 0 Å². The summed E-state index contributed by atoms with van der Waals surface area (Å²) in [7, 11) is 0. The number of benzene rings is 7. The highest BCUT2D eigenvalue weighted by Crippen LogP contribution is 2.41. The van der Waals surface area contributed by atoms with Crippen LogP contribution in [0.2, 0.25) is 0 Å². The van der Waals surface area contributed by atoms with Crippen molar-refractivity contribution in [2.75, 3.05) is 0 Å². The molecule has 0 amide bonds. The number of nitrogens with one attached hydrogen (secondary N) is 1. The van der Waals surface area contributed by atoms with Gasteiger partial charge in [-0.05, 0) is 61.2 Å². The molecule has 238 valence electrons. The minimum absolute atomic E-state index is 0.420. The Hall–Kier alpha value is -6.52. The summed E-state index contributed by atoms with van der Waals surface area (Å²) in [6.45, 7) is 4.14. The molecule has 4 nitrogen and oxygen atoms in total. The summed E-state index contributed by atoms with van der Waals surface area (Å²) in [4.78, 5) is 5.12. The number of fused-ring (bicyclic) bond motifs is 9. The van der Waals surface area contributed by atoms with Crippen molar-refractivity contribution in [3.05, 3.63) is 180 Å². The van der Waals surface area contributed by atoms with E-state index in [0.29, 0.717) is 5.71 Å². The van der Waals surface area contributed by atoms with Gasteiger partial charge in [0, 0.05) is 38.2 Å². The van der Waals surface area contributed by atoms with Gasteiger partial charge in [0.1, 0.15) is 6.34 Å². The van der Waals surface area contributed by atoms with E-state index < -0.39 is 0 Å². The summed E-state index contributed by atoms with van der Waals surface area (Å²) in [6, 6.07) is 53.4.